The van der Waals surface area contributed by atoms with Crippen molar-refractivity contribution in [2.45, 2.75) is 26.4 Å². The summed E-state index contributed by atoms with van der Waals surface area (Å²) in [6.45, 7) is 5.42. The summed E-state index contributed by atoms with van der Waals surface area (Å²) < 4.78 is 10.5. The Labute approximate surface area is 167 Å². The predicted molar refractivity (Wildman–Crippen MR) is 107 cm³/mol. The van der Waals surface area contributed by atoms with Gasteiger partial charge in [-0.1, -0.05) is 0 Å². The molecule has 0 spiro atoms. The molecule has 0 aromatic heterocycles. The fourth-order valence-corrected chi connectivity index (χ4v) is 3.20. The highest BCUT2D eigenvalue weighted by Crippen LogP contribution is 2.43. The van der Waals surface area contributed by atoms with Crippen molar-refractivity contribution < 1.29 is 24.0 Å². The number of carbonyl (C=O) groups is 2. The summed E-state index contributed by atoms with van der Waals surface area (Å²) in [4.78, 5) is 37.2. The summed E-state index contributed by atoms with van der Waals surface area (Å²) in [5.74, 6) is 0.0817. The summed E-state index contributed by atoms with van der Waals surface area (Å²) in [5, 5.41) is 14.2. The normalized spacial score (nSPS) is 14.6. The summed E-state index contributed by atoms with van der Waals surface area (Å²) in [7, 11) is 1.51. The number of nitrogens with one attached hydrogen (secondary N) is 1. The van der Waals surface area contributed by atoms with Crippen LogP contribution >= 0.6 is 0 Å². The number of anilines is 2. The highest BCUT2D eigenvalue weighted by molar-refractivity contribution is 6.06. The Morgan fingerprint density at radius 1 is 1.28 bits per heavy atom. The van der Waals surface area contributed by atoms with Crippen LogP contribution in [0.25, 0.3) is 0 Å². The number of fused-ring (bicyclic) bond motifs is 1. The molecule has 1 N–H and O–H groups in total. The Morgan fingerprint density at radius 3 is 2.48 bits per heavy atom. The Hall–Kier alpha value is -3.62. The van der Waals surface area contributed by atoms with Crippen molar-refractivity contribution in [3.8, 4) is 5.75 Å². The van der Waals surface area contributed by atoms with E-state index in [9.17, 15) is 19.7 Å². The zero-order valence-corrected chi connectivity index (χ0v) is 16.5. The number of methoxy groups -OCH3 is 1. The molecule has 1 heterocycles. The van der Waals surface area contributed by atoms with Gasteiger partial charge in [-0.2, -0.15) is 0 Å². The van der Waals surface area contributed by atoms with Gasteiger partial charge in [-0.05, 0) is 51.1 Å². The minimum atomic E-state index is -1.01. The van der Waals surface area contributed by atoms with Gasteiger partial charge in [0.2, 0.25) is 0 Å². The van der Waals surface area contributed by atoms with Crippen LogP contribution in [0.15, 0.2) is 36.4 Å². The third kappa shape index (κ3) is 3.71. The fraction of sp³-hybridized carbons (Fsp3) is 0.300. The number of nitro groups is 1. The van der Waals surface area contributed by atoms with Crippen LogP contribution in [-0.2, 0) is 10.3 Å². The SMILES string of the molecule is CCN1C(=O)OC(C)(C)c2cc(NC(=O)c3ccc(OC)cc3)c([N+](=O)[O-])cc21. The monoisotopic (exact) mass is 399 g/mol. The topological polar surface area (TPSA) is 111 Å². The van der Waals surface area contributed by atoms with Gasteiger partial charge in [0.05, 0.1) is 17.7 Å². The number of hydrogen-bond acceptors (Lipinski definition) is 6. The van der Waals surface area contributed by atoms with Gasteiger partial charge < -0.3 is 14.8 Å². The van der Waals surface area contributed by atoms with E-state index in [1.165, 1.54) is 24.1 Å². The lowest BCUT2D eigenvalue weighted by Crippen LogP contribution is -2.43. The van der Waals surface area contributed by atoms with Crippen LogP contribution in [0.2, 0.25) is 0 Å². The molecule has 152 valence electrons. The van der Waals surface area contributed by atoms with Gasteiger partial charge in [0.15, 0.2) is 0 Å². The van der Waals surface area contributed by atoms with Gasteiger partial charge in [-0.15, -0.1) is 0 Å². The second-order valence-electron chi connectivity index (χ2n) is 6.95. The first-order valence-corrected chi connectivity index (χ1v) is 8.96. The van der Waals surface area contributed by atoms with E-state index < -0.39 is 22.5 Å². The number of cyclic esters (lactones) is 1. The number of nitro benzene ring substituents is 1. The predicted octanol–water partition coefficient (Wildman–Crippen LogP) is 4.07. The number of amides is 2. The highest BCUT2D eigenvalue weighted by atomic mass is 16.6. The number of hydrogen-bond donors (Lipinski definition) is 1. The van der Waals surface area contributed by atoms with Crippen LogP contribution in [0, 0.1) is 10.1 Å². The lowest BCUT2D eigenvalue weighted by atomic mass is 9.92. The van der Waals surface area contributed by atoms with E-state index in [1.54, 1.807) is 45.0 Å². The van der Waals surface area contributed by atoms with E-state index in [-0.39, 0.29) is 17.9 Å². The molecule has 0 radical (unpaired) electrons. The largest absolute Gasteiger partial charge is 0.497 e. The molecule has 3 rings (SSSR count). The first-order chi connectivity index (χ1) is 13.7. The molecule has 1 aliphatic heterocycles. The van der Waals surface area contributed by atoms with E-state index in [0.29, 0.717) is 22.6 Å². The molecule has 2 amide bonds. The average molecular weight is 399 g/mol. The maximum absolute atomic E-state index is 12.6. The molecule has 0 aliphatic carbocycles. The lowest BCUT2D eigenvalue weighted by Gasteiger charge is -2.38. The number of rotatable bonds is 5. The van der Waals surface area contributed by atoms with Gasteiger partial charge in [0, 0.05) is 23.7 Å². The first-order valence-electron chi connectivity index (χ1n) is 8.96. The van der Waals surface area contributed by atoms with Gasteiger partial charge in [0.1, 0.15) is 17.0 Å². The first kappa shape index (κ1) is 20.1. The molecular weight excluding hydrogens is 378 g/mol. The van der Waals surface area contributed by atoms with Crippen LogP contribution in [0.5, 0.6) is 5.75 Å². The molecule has 9 heteroatoms. The Kier molecular flexibility index (Phi) is 5.15. The molecule has 0 bridgehead atoms. The molecule has 0 fully saturated rings. The Morgan fingerprint density at radius 2 is 1.93 bits per heavy atom. The summed E-state index contributed by atoms with van der Waals surface area (Å²) in [5.41, 5.74) is -0.0188. The Balaban J connectivity index is 2.05. The molecule has 9 nitrogen and oxygen atoms in total. The number of nitrogens with zero attached hydrogens (tertiary/aromatic N) is 2. The van der Waals surface area contributed by atoms with Gasteiger partial charge in [-0.3, -0.25) is 19.8 Å². The third-order valence-corrected chi connectivity index (χ3v) is 4.73. The highest BCUT2D eigenvalue weighted by Gasteiger charge is 2.40. The van der Waals surface area contributed by atoms with Crippen LogP contribution < -0.4 is 15.0 Å². The maximum atomic E-state index is 12.6. The van der Waals surface area contributed by atoms with Crippen molar-refractivity contribution >= 4 is 29.1 Å². The molecule has 0 saturated carbocycles. The van der Waals surface area contributed by atoms with Crippen molar-refractivity contribution in [2.24, 2.45) is 0 Å². The maximum Gasteiger partial charge on any atom is 0.415 e. The zero-order chi connectivity index (χ0) is 21.3. The molecule has 29 heavy (non-hydrogen) atoms. The van der Waals surface area contributed by atoms with Crippen LogP contribution in [0.3, 0.4) is 0 Å². The summed E-state index contributed by atoms with van der Waals surface area (Å²) in [6, 6.07) is 9.15. The Bertz CT molecular complexity index is 984. The quantitative estimate of drug-likeness (QED) is 0.599. The fourth-order valence-electron chi connectivity index (χ4n) is 3.20. The van der Waals surface area contributed by atoms with Crippen LogP contribution in [-0.4, -0.2) is 30.6 Å². The summed E-state index contributed by atoms with van der Waals surface area (Å²) >= 11 is 0. The minimum Gasteiger partial charge on any atom is -0.497 e. The molecular formula is C20H21N3O6. The third-order valence-electron chi connectivity index (χ3n) is 4.73. The van der Waals surface area contributed by atoms with Crippen LogP contribution in [0.1, 0.15) is 36.7 Å². The minimum absolute atomic E-state index is 0.0247. The molecule has 0 atom stereocenters. The molecule has 0 saturated heterocycles. The zero-order valence-electron chi connectivity index (χ0n) is 16.5. The smallest absolute Gasteiger partial charge is 0.415 e. The second-order valence-corrected chi connectivity index (χ2v) is 6.95. The van der Waals surface area contributed by atoms with Crippen molar-refractivity contribution in [3.05, 3.63) is 57.6 Å². The van der Waals surface area contributed by atoms with Crippen molar-refractivity contribution in [1.29, 1.82) is 0 Å². The molecule has 2 aromatic rings. The van der Waals surface area contributed by atoms with Crippen LogP contribution in [0.4, 0.5) is 21.9 Å². The lowest BCUT2D eigenvalue weighted by molar-refractivity contribution is -0.383. The number of ether oxygens (including phenoxy) is 2. The standard InChI is InChI=1S/C20H21N3O6/c1-5-22-16-11-17(23(26)27)15(10-14(16)20(2,3)29-19(22)25)21-18(24)12-6-8-13(28-4)9-7-12/h6-11H,5H2,1-4H3,(H,21,24). The van der Waals surface area contributed by atoms with Gasteiger partial charge in [-0.25, -0.2) is 4.79 Å². The van der Waals surface area contributed by atoms with Crippen molar-refractivity contribution in [1.82, 2.24) is 0 Å². The van der Waals surface area contributed by atoms with E-state index in [2.05, 4.69) is 5.32 Å². The molecule has 2 aromatic carbocycles. The van der Waals surface area contributed by atoms with E-state index >= 15 is 0 Å². The van der Waals surface area contributed by atoms with E-state index in [0.717, 1.165) is 0 Å². The number of benzene rings is 2. The van der Waals surface area contributed by atoms with E-state index in [1.807, 2.05) is 0 Å². The van der Waals surface area contributed by atoms with E-state index in [4.69, 9.17) is 9.47 Å². The summed E-state index contributed by atoms with van der Waals surface area (Å²) in [6.07, 6.45) is -0.575. The molecule has 1 aliphatic rings. The van der Waals surface area contributed by atoms with Gasteiger partial charge in [0.25, 0.3) is 11.6 Å². The average Bonchev–Trinajstić information content (AvgIpc) is 2.67. The molecule has 0 unspecified atom stereocenters. The number of carbonyl (C=O) groups excluding carboxylic acids is 2. The second kappa shape index (κ2) is 7.42. The van der Waals surface area contributed by atoms with Crippen molar-refractivity contribution in [2.75, 3.05) is 23.9 Å². The van der Waals surface area contributed by atoms with Crippen molar-refractivity contribution in [3.63, 3.8) is 0 Å². The van der Waals surface area contributed by atoms with Gasteiger partial charge >= 0.3 is 6.09 Å².